The number of benzene rings is 1. The molecule has 140 valence electrons. The highest BCUT2D eigenvalue weighted by molar-refractivity contribution is 5.76. The van der Waals surface area contributed by atoms with Gasteiger partial charge in [0.05, 0.1) is 12.1 Å². The third-order valence-electron chi connectivity index (χ3n) is 4.86. The molecule has 3 unspecified atom stereocenters. The van der Waals surface area contributed by atoms with Crippen LogP contribution in [-0.4, -0.2) is 12.0 Å². The summed E-state index contributed by atoms with van der Waals surface area (Å²) >= 11 is 0. The molecule has 0 spiro atoms. The fraction of sp³-hybridized carbons (Fsp3) is 0.500. The second-order valence-corrected chi connectivity index (χ2v) is 7.65. The van der Waals surface area contributed by atoms with Gasteiger partial charge in [0.2, 0.25) is 5.91 Å². The van der Waals surface area contributed by atoms with E-state index in [1.165, 1.54) is 6.42 Å². The number of hydrogen-bond acceptors (Lipinski definition) is 3. The van der Waals surface area contributed by atoms with Gasteiger partial charge >= 0.3 is 0 Å². The maximum atomic E-state index is 12.3. The Morgan fingerprint density at radius 1 is 1.27 bits per heavy atom. The van der Waals surface area contributed by atoms with Gasteiger partial charge in [0, 0.05) is 18.8 Å². The largest absolute Gasteiger partial charge is 0.491 e. The van der Waals surface area contributed by atoms with E-state index in [2.05, 4.69) is 18.3 Å². The first-order valence-electron chi connectivity index (χ1n) is 9.57. The molecule has 4 nitrogen and oxygen atoms in total. The number of carbonyl (C=O) groups excluding carboxylic acids is 1. The van der Waals surface area contributed by atoms with E-state index in [0.29, 0.717) is 18.8 Å². The second kappa shape index (κ2) is 7.98. The van der Waals surface area contributed by atoms with E-state index in [1.807, 2.05) is 51.1 Å². The summed E-state index contributed by atoms with van der Waals surface area (Å²) in [5.74, 6) is 4.14. The predicted molar refractivity (Wildman–Crippen MR) is 102 cm³/mol. The molecule has 0 saturated heterocycles. The molecular weight excluding hydrogens is 326 g/mol. The lowest BCUT2D eigenvalue weighted by molar-refractivity contribution is -0.121. The molecule has 1 fully saturated rings. The van der Waals surface area contributed by atoms with Crippen LogP contribution in [0.3, 0.4) is 0 Å². The van der Waals surface area contributed by atoms with Crippen molar-refractivity contribution in [3.05, 3.63) is 53.5 Å². The Morgan fingerprint density at radius 2 is 2.04 bits per heavy atom. The lowest BCUT2D eigenvalue weighted by Crippen LogP contribution is -2.26. The van der Waals surface area contributed by atoms with Crippen LogP contribution in [0.15, 0.2) is 40.8 Å². The van der Waals surface area contributed by atoms with Crippen molar-refractivity contribution >= 4 is 5.91 Å². The summed E-state index contributed by atoms with van der Waals surface area (Å²) in [4.78, 5) is 12.3. The fourth-order valence-electron chi connectivity index (χ4n) is 3.21. The molecule has 0 radical (unpaired) electrons. The zero-order chi connectivity index (χ0) is 18.7. The number of hydrogen-bond donors (Lipinski definition) is 1. The Labute approximate surface area is 155 Å². The topological polar surface area (TPSA) is 51.5 Å². The Kier molecular flexibility index (Phi) is 5.70. The molecule has 0 aliphatic heterocycles. The smallest absolute Gasteiger partial charge is 0.220 e. The molecule has 1 saturated carbocycles. The third kappa shape index (κ3) is 4.90. The first-order chi connectivity index (χ1) is 12.4. The Hall–Kier alpha value is -2.23. The molecular formula is C22H29NO3. The highest BCUT2D eigenvalue weighted by atomic mass is 16.5. The van der Waals surface area contributed by atoms with Gasteiger partial charge in [-0.2, -0.15) is 0 Å². The van der Waals surface area contributed by atoms with Gasteiger partial charge in [-0.1, -0.05) is 19.1 Å². The van der Waals surface area contributed by atoms with Crippen LogP contribution in [-0.2, 0) is 11.2 Å². The van der Waals surface area contributed by atoms with E-state index in [1.54, 1.807) is 0 Å². The Morgan fingerprint density at radius 3 is 2.73 bits per heavy atom. The van der Waals surface area contributed by atoms with E-state index in [4.69, 9.17) is 9.15 Å². The number of nitrogens with one attached hydrogen (secondary N) is 1. The Bertz CT molecular complexity index is 749. The number of carbonyl (C=O) groups is 1. The van der Waals surface area contributed by atoms with Gasteiger partial charge in [-0.05, 0) is 62.9 Å². The molecule has 3 rings (SSSR count). The van der Waals surface area contributed by atoms with Crippen molar-refractivity contribution in [2.24, 2.45) is 5.92 Å². The second-order valence-electron chi connectivity index (χ2n) is 7.65. The summed E-state index contributed by atoms with van der Waals surface area (Å²) in [6.45, 7) is 8.23. The number of aryl methyl sites for hydroxylation is 1. The zero-order valence-electron chi connectivity index (χ0n) is 16.1. The molecule has 2 aromatic rings. The zero-order valence-corrected chi connectivity index (χ0v) is 16.1. The number of furan rings is 1. The Balaban J connectivity index is 1.49. The van der Waals surface area contributed by atoms with Gasteiger partial charge in [-0.25, -0.2) is 0 Å². The van der Waals surface area contributed by atoms with Crippen LogP contribution in [0.2, 0.25) is 0 Å². The van der Waals surface area contributed by atoms with Crippen LogP contribution in [0.5, 0.6) is 5.75 Å². The SMILES string of the molecule is CC(C)Oc1cccc(C(C)NC(=O)CCc2ccc(C3CC3C)o2)c1. The van der Waals surface area contributed by atoms with Crippen molar-refractivity contribution in [1.29, 1.82) is 0 Å². The predicted octanol–water partition coefficient (Wildman–Crippen LogP) is 5.00. The van der Waals surface area contributed by atoms with Gasteiger partial charge in [0.1, 0.15) is 17.3 Å². The lowest BCUT2D eigenvalue weighted by atomic mass is 10.1. The van der Waals surface area contributed by atoms with Crippen LogP contribution in [0.1, 0.15) is 69.6 Å². The summed E-state index contributed by atoms with van der Waals surface area (Å²) in [6.07, 6.45) is 2.41. The number of amides is 1. The minimum atomic E-state index is -0.0577. The summed E-state index contributed by atoms with van der Waals surface area (Å²) < 4.78 is 11.6. The standard InChI is InChI=1S/C22H29NO3/c1-14(2)25-19-7-5-6-17(13-19)16(4)23-22(24)11-9-18-8-10-21(26-18)20-12-15(20)3/h5-8,10,13-16,20H,9,11-12H2,1-4H3,(H,23,24). The van der Waals surface area contributed by atoms with Crippen molar-refractivity contribution in [2.75, 3.05) is 0 Å². The van der Waals surface area contributed by atoms with E-state index < -0.39 is 0 Å². The molecule has 1 heterocycles. The van der Waals surface area contributed by atoms with Gasteiger partial charge in [0.15, 0.2) is 0 Å². The molecule has 3 atom stereocenters. The molecule has 1 aromatic carbocycles. The molecule has 4 heteroatoms. The first kappa shape index (κ1) is 18.6. The minimum Gasteiger partial charge on any atom is -0.491 e. The number of ether oxygens (including phenoxy) is 1. The normalized spacial score (nSPS) is 20.0. The monoisotopic (exact) mass is 355 g/mol. The third-order valence-corrected chi connectivity index (χ3v) is 4.86. The van der Waals surface area contributed by atoms with Crippen LogP contribution >= 0.6 is 0 Å². The summed E-state index contributed by atoms with van der Waals surface area (Å²) in [5.41, 5.74) is 1.04. The van der Waals surface area contributed by atoms with E-state index in [0.717, 1.165) is 28.8 Å². The van der Waals surface area contributed by atoms with Gasteiger partial charge in [0.25, 0.3) is 0 Å². The van der Waals surface area contributed by atoms with Crippen molar-refractivity contribution in [3.63, 3.8) is 0 Å². The molecule has 1 aliphatic carbocycles. The molecule has 26 heavy (non-hydrogen) atoms. The van der Waals surface area contributed by atoms with Crippen LogP contribution in [0.25, 0.3) is 0 Å². The van der Waals surface area contributed by atoms with E-state index in [-0.39, 0.29) is 18.1 Å². The maximum absolute atomic E-state index is 12.3. The van der Waals surface area contributed by atoms with Crippen molar-refractivity contribution in [2.45, 2.75) is 65.0 Å². The summed E-state index contributed by atoms with van der Waals surface area (Å²) in [5, 5.41) is 3.06. The average molecular weight is 355 g/mol. The van der Waals surface area contributed by atoms with Gasteiger partial charge < -0.3 is 14.5 Å². The first-order valence-corrected chi connectivity index (χ1v) is 9.57. The van der Waals surface area contributed by atoms with Crippen LogP contribution < -0.4 is 10.1 Å². The molecule has 1 N–H and O–H groups in total. The van der Waals surface area contributed by atoms with Gasteiger partial charge in [-0.15, -0.1) is 0 Å². The highest BCUT2D eigenvalue weighted by Gasteiger charge is 2.36. The molecule has 1 aromatic heterocycles. The fourth-order valence-corrected chi connectivity index (χ4v) is 3.21. The highest BCUT2D eigenvalue weighted by Crippen LogP contribution is 2.47. The van der Waals surface area contributed by atoms with Gasteiger partial charge in [-0.3, -0.25) is 4.79 Å². The van der Waals surface area contributed by atoms with Crippen molar-refractivity contribution < 1.29 is 13.9 Å². The number of rotatable bonds is 8. The van der Waals surface area contributed by atoms with Crippen LogP contribution in [0, 0.1) is 5.92 Å². The molecule has 0 bridgehead atoms. The summed E-state index contributed by atoms with van der Waals surface area (Å²) in [7, 11) is 0. The molecule has 1 amide bonds. The van der Waals surface area contributed by atoms with E-state index in [9.17, 15) is 4.79 Å². The molecule has 1 aliphatic rings. The average Bonchev–Trinajstić information content (AvgIpc) is 3.14. The quantitative estimate of drug-likeness (QED) is 0.725. The minimum absolute atomic E-state index is 0.0328. The van der Waals surface area contributed by atoms with Crippen molar-refractivity contribution in [3.8, 4) is 5.75 Å². The lowest BCUT2D eigenvalue weighted by Gasteiger charge is -2.16. The van der Waals surface area contributed by atoms with Crippen LogP contribution in [0.4, 0.5) is 0 Å². The van der Waals surface area contributed by atoms with Crippen molar-refractivity contribution in [1.82, 2.24) is 5.32 Å². The summed E-state index contributed by atoms with van der Waals surface area (Å²) in [6, 6.07) is 11.9. The maximum Gasteiger partial charge on any atom is 0.220 e. The van der Waals surface area contributed by atoms with E-state index >= 15 is 0 Å².